The second-order valence-corrected chi connectivity index (χ2v) is 7.92. The molecular formula is C25H38IN5O2. The smallest absolute Gasteiger partial charge is 0.191 e. The Morgan fingerprint density at radius 2 is 1.91 bits per heavy atom. The molecule has 0 atom stereocenters. The monoisotopic (exact) mass is 567 g/mol. The molecule has 7 nitrogen and oxygen atoms in total. The fourth-order valence-electron chi connectivity index (χ4n) is 3.67. The Kier molecular flexibility index (Phi) is 12.3. The van der Waals surface area contributed by atoms with Crippen LogP contribution in [0.15, 0.2) is 41.5 Å². The third-order valence-corrected chi connectivity index (χ3v) is 5.36. The number of aryl methyl sites for hydroxylation is 1. The minimum atomic E-state index is 0. The summed E-state index contributed by atoms with van der Waals surface area (Å²) >= 11 is 0. The first-order valence-corrected chi connectivity index (χ1v) is 11.7. The van der Waals surface area contributed by atoms with Crippen molar-refractivity contribution in [2.45, 2.75) is 46.7 Å². The zero-order valence-corrected chi connectivity index (χ0v) is 22.4. The number of nitrogens with one attached hydrogen (secondary N) is 2. The number of hydrogen-bond donors (Lipinski definition) is 2. The van der Waals surface area contributed by atoms with Gasteiger partial charge in [0.15, 0.2) is 5.96 Å². The Morgan fingerprint density at radius 3 is 2.67 bits per heavy atom. The van der Waals surface area contributed by atoms with E-state index in [1.54, 1.807) is 0 Å². The van der Waals surface area contributed by atoms with Gasteiger partial charge in [0.05, 0.1) is 13.2 Å². The van der Waals surface area contributed by atoms with E-state index in [0.717, 1.165) is 48.3 Å². The van der Waals surface area contributed by atoms with Crippen LogP contribution in [0.5, 0.6) is 5.75 Å². The molecule has 2 heterocycles. The lowest BCUT2D eigenvalue weighted by Gasteiger charge is -2.17. The average Bonchev–Trinajstić information content (AvgIpc) is 3.35. The van der Waals surface area contributed by atoms with E-state index >= 15 is 0 Å². The number of pyridine rings is 1. The maximum atomic E-state index is 5.97. The van der Waals surface area contributed by atoms with Gasteiger partial charge in [-0.05, 0) is 62.9 Å². The predicted octanol–water partition coefficient (Wildman–Crippen LogP) is 4.28. The Hall–Kier alpha value is -2.07. The van der Waals surface area contributed by atoms with E-state index in [-0.39, 0.29) is 24.0 Å². The molecule has 0 saturated carbocycles. The molecule has 1 aromatic carbocycles. The van der Waals surface area contributed by atoms with Crippen LogP contribution in [0.1, 0.15) is 43.4 Å². The van der Waals surface area contributed by atoms with Gasteiger partial charge in [-0.15, -0.1) is 24.0 Å². The number of nitrogens with zero attached hydrogens (tertiary/aromatic N) is 3. The van der Waals surface area contributed by atoms with Crippen LogP contribution in [-0.2, 0) is 17.8 Å². The van der Waals surface area contributed by atoms with Crippen LogP contribution in [0.25, 0.3) is 0 Å². The second kappa shape index (κ2) is 15.0. The number of rotatable bonds is 11. The zero-order chi connectivity index (χ0) is 22.6. The molecule has 1 aliphatic rings. The molecule has 0 radical (unpaired) electrons. The first-order chi connectivity index (χ1) is 15.7. The minimum absolute atomic E-state index is 0. The molecule has 1 fully saturated rings. The molecule has 1 aliphatic heterocycles. The molecule has 182 valence electrons. The number of guanidine groups is 1. The van der Waals surface area contributed by atoms with E-state index in [2.05, 4.69) is 58.6 Å². The molecule has 8 heteroatoms. The molecular weight excluding hydrogens is 529 g/mol. The summed E-state index contributed by atoms with van der Waals surface area (Å²) < 4.78 is 11.4. The molecule has 0 amide bonds. The van der Waals surface area contributed by atoms with E-state index < -0.39 is 0 Å². The summed E-state index contributed by atoms with van der Waals surface area (Å²) in [7, 11) is 0. The average molecular weight is 568 g/mol. The molecule has 1 aromatic heterocycles. The molecule has 0 unspecified atom stereocenters. The maximum Gasteiger partial charge on any atom is 0.191 e. The van der Waals surface area contributed by atoms with Gasteiger partial charge in [0.2, 0.25) is 0 Å². The molecule has 1 saturated heterocycles. The fraction of sp³-hybridized carbons (Fsp3) is 0.520. The lowest BCUT2D eigenvalue weighted by Crippen LogP contribution is -2.36. The Morgan fingerprint density at radius 1 is 1.09 bits per heavy atom. The number of hydrogen-bond acceptors (Lipinski definition) is 5. The lowest BCUT2D eigenvalue weighted by atomic mass is 10.1. The number of ether oxygens (including phenoxy) is 2. The van der Waals surface area contributed by atoms with Crippen molar-refractivity contribution in [3.63, 3.8) is 0 Å². The molecule has 2 N–H and O–H groups in total. The summed E-state index contributed by atoms with van der Waals surface area (Å²) in [6.07, 6.45) is 4.38. The van der Waals surface area contributed by atoms with Crippen LogP contribution in [0.3, 0.4) is 0 Å². The maximum absolute atomic E-state index is 5.97. The number of aliphatic imine (C=N–C) groups is 1. The third kappa shape index (κ3) is 9.00. The standard InChI is InChI=1S/C25H37N5O2.HI/c1-4-26-25(28-18-21-10-11-27-24(17-21)30-12-6-7-13-30)29-19-22-9-8-20(3)16-23(22)32-15-14-31-5-2;/h8-11,16-17H,4-7,12-15,18-19H2,1-3H3,(H2,26,28,29);1H. The summed E-state index contributed by atoms with van der Waals surface area (Å²) in [5.74, 6) is 2.73. The van der Waals surface area contributed by atoms with Crippen molar-refractivity contribution in [3.05, 3.63) is 53.2 Å². The number of aromatic nitrogens is 1. The Balaban J connectivity index is 0.00000385. The highest BCUT2D eigenvalue weighted by atomic mass is 127. The van der Waals surface area contributed by atoms with Gasteiger partial charge in [-0.3, -0.25) is 0 Å². The van der Waals surface area contributed by atoms with Crippen LogP contribution in [-0.4, -0.2) is 50.4 Å². The van der Waals surface area contributed by atoms with Gasteiger partial charge in [-0.1, -0.05) is 12.1 Å². The SMILES string of the molecule is CCNC(=NCc1ccnc(N2CCCC2)c1)NCc1ccc(C)cc1OCCOCC.I. The number of benzene rings is 1. The highest BCUT2D eigenvalue weighted by Crippen LogP contribution is 2.21. The highest BCUT2D eigenvalue weighted by Gasteiger charge is 2.13. The van der Waals surface area contributed by atoms with Gasteiger partial charge >= 0.3 is 0 Å². The molecule has 33 heavy (non-hydrogen) atoms. The van der Waals surface area contributed by atoms with Gasteiger partial charge in [0.25, 0.3) is 0 Å². The predicted molar refractivity (Wildman–Crippen MR) is 146 cm³/mol. The second-order valence-electron chi connectivity index (χ2n) is 7.92. The zero-order valence-electron chi connectivity index (χ0n) is 20.1. The molecule has 3 rings (SSSR count). The van der Waals surface area contributed by atoms with Crippen molar-refractivity contribution in [3.8, 4) is 5.75 Å². The van der Waals surface area contributed by atoms with Crippen LogP contribution in [0.4, 0.5) is 5.82 Å². The van der Waals surface area contributed by atoms with Crippen LogP contribution in [0, 0.1) is 6.92 Å². The normalized spacial score (nSPS) is 13.5. The topological polar surface area (TPSA) is 71.0 Å². The van der Waals surface area contributed by atoms with E-state index in [1.165, 1.54) is 18.4 Å². The minimum Gasteiger partial charge on any atom is -0.491 e. The van der Waals surface area contributed by atoms with Gasteiger partial charge in [-0.2, -0.15) is 0 Å². The van der Waals surface area contributed by atoms with Crippen molar-refractivity contribution >= 4 is 35.8 Å². The first-order valence-electron chi connectivity index (χ1n) is 11.7. The van der Waals surface area contributed by atoms with E-state index in [4.69, 9.17) is 14.5 Å². The summed E-state index contributed by atoms with van der Waals surface area (Å²) in [6, 6.07) is 10.5. The molecule has 0 aliphatic carbocycles. The summed E-state index contributed by atoms with van der Waals surface area (Å²) in [6.45, 7) is 12.2. The largest absolute Gasteiger partial charge is 0.491 e. The van der Waals surface area contributed by atoms with Gasteiger partial charge < -0.3 is 25.0 Å². The summed E-state index contributed by atoms with van der Waals surface area (Å²) in [4.78, 5) is 11.7. The van der Waals surface area contributed by atoms with Crippen LogP contribution in [0.2, 0.25) is 0 Å². The first kappa shape index (κ1) is 27.2. The van der Waals surface area contributed by atoms with Crippen molar-refractivity contribution in [1.29, 1.82) is 0 Å². The van der Waals surface area contributed by atoms with Crippen LogP contribution < -0.4 is 20.3 Å². The van der Waals surface area contributed by atoms with Crippen molar-refractivity contribution in [1.82, 2.24) is 15.6 Å². The lowest BCUT2D eigenvalue weighted by molar-refractivity contribution is 0.110. The highest BCUT2D eigenvalue weighted by molar-refractivity contribution is 14.0. The van der Waals surface area contributed by atoms with Crippen molar-refractivity contribution in [2.75, 3.05) is 44.4 Å². The Bertz CT molecular complexity index is 872. The summed E-state index contributed by atoms with van der Waals surface area (Å²) in [5.41, 5.74) is 3.43. The number of anilines is 1. The quantitative estimate of drug-likeness (QED) is 0.183. The van der Waals surface area contributed by atoms with E-state index in [9.17, 15) is 0 Å². The fourth-order valence-corrected chi connectivity index (χ4v) is 3.67. The Labute approximate surface area is 215 Å². The van der Waals surface area contributed by atoms with Gasteiger partial charge in [0, 0.05) is 44.5 Å². The molecule has 0 bridgehead atoms. The van der Waals surface area contributed by atoms with Gasteiger partial charge in [0.1, 0.15) is 18.2 Å². The molecule has 0 spiro atoms. The number of halogens is 1. The summed E-state index contributed by atoms with van der Waals surface area (Å²) in [5, 5.41) is 6.78. The third-order valence-electron chi connectivity index (χ3n) is 5.36. The van der Waals surface area contributed by atoms with Crippen molar-refractivity contribution < 1.29 is 9.47 Å². The molecule has 2 aromatic rings. The van der Waals surface area contributed by atoms with E-state index in [0.29, 0.717) is 32.9 Å². The van der Waals surface area contributed by atoms with Gasteiger partial charge in [-0.25, -0.2) is 9.98 Å². The van der Waals surface area contributed by atoms with Crippen molar-refractivity contribution in [2.24, 2.45) is 4.99 Å². The van der Waals surface area contributed by atoms with E-state index in [1.807, 2.05) is 19.2 Å². The van der Waals surface area contributed by atoms with Crippen LogP contribution >= 0.6 is 24.0 Å².